The molecular formula is C18H14ClN3O3. The maximum atomic E-state index is 11.0. The summed E-state index contributed by atoms with van der Waals surface area (Å²) >= 11 is 6.24. The van der Waals surface area contributed by atoms with E-state index in [2.05, 4.69) is 10.2 Å². The number of aromatic nitrogens is 2. The van der Waals surface area contributed by atoms with Gasteiger partial charge in [0.05, 0.1) is 4.92 Å². The predicted octanol–water partition coefficient (Wildman–Crippen LogP) is 5.00. The van der Waals surface area contributed by atoms with E-state index in [1.165, 1.54) is 6.07 Å². The maximum Gasteiger partial charge on any atom is 0.272 e. The fourth-order valence-electron chi connectivity index (χ4n) is 2.34. The van der Waals surface area contributed by atoms with E-state index in [1.807, 2.05) is 31.2 Å². The van der Waals surface area contributed by atoms with Gasteiger partial charge < -0.3 is 4.42 Å². The van der Waals surface area contributed by atoms with Gasteiger partial charge in [-0.25, -0.2) is 0 Å². The third-order valence-corrected chi connectivity index (χ3v) is 3.89. The first-order chi connectivity index (χ1) is 11.9. The van der Waals surface area contributed by atoms with Crippen LogP contribution in [0.5, 0.6) is 0 Å². The van der Waals surface area contributed by atoms with Gasteiger partial charge in [0.25, 0.3) is 11.6 Å². The Kier molecular flexibility index (Phi) is 4.63. The number of aryl methyl sites for hydroxylation is 2. The molecule has 0 N–H and O–H groups in total. The quantitative estimate of drug-likeness (QED) is 0.486. The fraction of sp³-hybridized carbons (Fsp3) is 0.111. The normalized spacial score (nSPS) is 11.6. The molecule has 1 heterocycles. The molecule has 0 amide bonds. The van der Waals surface area contributed by atoms with Crippen LogP contribution in [-0.2, 0) is 0 Å². The van der Waals surface area contributed by atoms with Gasteiger partial charge in [0.2, 0.25) is 5.89 Å². The van der Waals surface area contributed by atoms with E-state index in [4.69, 9.17) is 16.0 Å². The van der Waals surface area contributed by atoms with Crippen LogP contribution in [0.1, 0.15) is 22.6 Å². The van der Waals surface area contributed by atoms with Gasteiger partial charge in [-0.3, -0.25) is 10.1 Å². The zero-order valence-electron chi connectivity index (χ0n) is 13.6. The highest BCUT2D eigenvalue weighted by Crippen LogP contribution is 2.27. The molecular weight excluding hydrogens is 342 g/mol. The summed E-state index contributed by atoms with van der Waals surface area (Å²) in [5.41, 5.74) is 3.07. The number of rotatable bonds is 4. The van der Waals surface area contributed by atoms with Gasteiger partial charge in [0, 0.05) is 17.2 Å². The van der Waals surface area contributed by atoms with Crippen molar-refractivity contribution in [3.63, 3.8) is 0 Å². The van der Waals surface area contributed by atoms with Crippen LogP contribution >= 0.6 is 11.6 Å². The van der Waals surface area contributed by atoms with Crippen molar-refractivity contribution < 1.29 is 9.34 Å². The Morgan fingerprint density at radius 3 is 2.72 bits per heavy atom. The Balaban J connectivity index is 1.91. The summed E-state index contributed by atoms with van der Waals surface area (Å²) in [6.45, 7) is 3.65. The number of nitro groups is 1. The first-order valence-corrected chi connectivity index (χ1v) is 7.85. The van der Waals surface area contributed by atoms with Crippen molar-refractivity contribution in [1.82, 2.24) is 10.2 Å². The third kappa shape index (κ3) is 3.75. The summed E-state index contributed by atoms with van der Waals surface area (Å²) in [5, 5.41) is 19.2. The minimum atomic E-state index is -0.427. The third-order valence-electron chi connectivity index (χ3n) is 3.62. The summed E-state index contributed by atoms with van der Waals surface area (Å²) in [6.07, 6.45) is 1.56. The van der Waals surface area contributed by atoms with E-state index in [-0.39, 0.29) is 16.6 Å². The van der Waals surface area contributed by atoms with Crippen molar-refractivity contribution >= 4 is 28.4 Å². The van der Waals surface area contributed by atoms with Crippen molar-refractivity contribution in [3.8, 4) is 11.5 Å². The zero-order valence-corrected chi connectivity index (χ0v) is 14.3. The Bertz CT molecular complexity index is 979. The van der Waals surface area contributed by atoms with E-state index in [1.54, 1.807) is 25.1 Å². The van der Waals surface area contributed by atoms with Crippen LogP contribution in [0, 0.1) is 24.0 Å². The van der Waals surface area contributed by atoms with E-state index >= 15 is 0 Å². The lowest BCUT2D eigenvalue weighted by atomic mass is 10.1. The first kappa shape index (κ1) is 16.9. The van der Waals surface area contributed by atoms with Gasteiger partial charge >= 0.3 is 0 Å². The maximum absolute atomic E-state index is 11.0. The van der Waals surface area contributed by atoms with Crippen LogP contribution in [0.25, 0.3) is 22.6 Å². The average Bonchev–Trinajstić information content (AvgIpc) is 3.06. The van der Waals surface area contributed by atoms with Crippen LogP contribution in [-0.4, -0.2) is 15.1 Å². The predicted molar refractivity (Wildman–Crippen MR) is 96.0 cm³/mol. The molecule has 0 aliphatic rings. The lowest BCUT2D eigenvalue weighted by Crippen LogP contribution is -1.92. The Labute approximate surface area is 148 Å². The molecule has 0 fully saturated rings. The second-order valence-electron chi connectivity index (χ2n) is 5.58. The molecule has 0 spiro atoms. The molecule has 3 aromatic rings. The summed E-state index contributed by atoms with van der Waals surface area (Å²) in [6, 6.07) is 12.5. The topological polar surface area (TPSA) is 82.1 Å². The molecule has 0 atom stereocenters. The molecule has 0 saturated carbocycles. The molecule has 25 heavy (non-hydrogen) atoms. The highest BCUT2D eigenvalue weighted by atomic mass is 35.5. The van der Waals surface area contributed by atoms with Crippen LogP contribution in [0.2, 0.25) is 0 Å². The molecule has 1 aromatic heterocycles. The molecule has 126 valence electrons. The SMILES string of the molecule is Cc1cccc(-c2nnc(/C(Cl)=C/c3ccc(C)c([N+](=O)[O-])c3)o2)c1. The van der Waals surface area contributed by atoms with E-state index in [0.717, 1.165) is 11.1 Å². The average molecular weight is 356 g/mol. The van der Waals surface area contributed by atoms with Gasteiger partial charge in [-0.1, -0.05) is 41.4 Å². The van der Waals surface area contributed by atoms with Gasteiger partial charge in [0.15, 0.2) is 0 Å². The molecule has 3 rings (SSSR count). The van der Waals surface area contributed by atoms with Crippen molar-refractivity contribution in [3.05, 3.63) is 75.2 Å². The molecule has 7 heteroatoms. The standard InChI is InChI=1S/C18H14ClN3O3/c1-11-4-3-5-14(8-11)17-20-21-18(25-17)15(19)9-13-7-6-12(2)16(10-13)22(23)24/h3-10H,1-2H3/b15-9-. The lowest BCUT2D eigenvalue weighted by Gasteiger charge is -1.99. The first-order valence-electron chi connectivity index (χ1n) is 7.47. The molecule has 0 aliphatic carbocycles. The van der Waals surface area contributed by atoms with Crippen LogP contribution in [0.15, 0.2) is 46.9 Å². The monoisotopic (exact) mass is 355 g/mol. The van der Waals surface area contributed by atoms with Crippen LogP contribution < -0.4 is 0 Å². The number of nitro benzene ring substituents is 1. The van der Waals surface area contributed by atoms with E-state index in [0.29, 0.717) is 17.0 Å². The van der Waals surface area contributed by atoms with Gasteiger partial charge in [-0.2, -0.15) is 0 Å². The second kappa shape index (κ2) is 6.86. The Morgan fingerprint density at radius 1 is 1.20 bits per heavy atom. The smallest absolute Gasteiger partial charge is 0.272 e. The van der Waals surface area contributed by atoms with Gasteiger partial charge in [-0.05, 0) is 37.6 Å². The molecule has 2 aromatic carbocycles. The number of nitrogens with zero attached hydrogens (tertiary/aromatic N) is 3. The van der Waals surface area contributed by atoms with Crippen molar-refractivity contribution in [2.45, 2.75) is 13.8 Å². The number of halogens is 1. The largest absolute Gasteiger partial charge is 0.415 e. The second-order valence-corrected chi connectivity index (χ2v) is 5.98. The van der Waals surface area contributed by atoms with E-state index < -0.39 is 4.92 Å². The van der Waals surface area contributed by atoms with Crippen LogP contribution in [0.3, 0.4) is 0 Å². The number of hydrogen-bond acceptors (Lipinski definition) is 5. The molecule has 6 nitrogen and oxygen atoms in total. The van der Waals surface area contributed by atoms with Crippen molar-refractivity contribution in [2.24, 2.45) is 0 Å². The highest BCUT2D eigenvalue weighted by molar-refractivity contribution is 6.50. The lowest BCUT2D eigenvalue weighted by molar-refractivity contribution is -0.385. The molecule has 0 radical (unpaired) electrons. The van der Waals surface area contributed by atoms with Gasteiger partial charge in [-0.15, -0.1) is 10.2 Å². The summed E-state index contributed by atoms with van der Waals surface area (Å²) in [4.78, 5) is 10.6. The fourth-order valence-corrected chi connectivity index (χ4v) is 2.54. The molecule has 0 aliphatic heterocycles. The molecule has 0 saturated heterocycles. The number of benzene rings is 2. The Morgan fingerprint density at radius 2 is 2.00 bits per heavy atom. The highest BCUT2D eigenvalue weighted by Gasteiger charge is 2.14. The molecule has 0 unspecified atom stereocenters. The number of hydrogen-bond donors (Lipinski definition) is 0. The molecule has 0 bridgehead atoms. The van der Waals surface area contributed by atoms with Crippen LogP contribution in [0.4, 0.5) is 5.69 Å². The van der Waals surface area contributed by atoms with E-state index in [9.17, 15) is 10.1 Å². The minimum absolute atomic E-state index is 0.0317. The minimum Gasteiger partial charge on any atom is -0.415 e. The zero-order chi connectivity index (χ0) is 18.0. The van der Waals surface area contributed by atoms with Gasteiger partial charge in [0.1, 0.15) is 5.03 Å². The Hall–Kier alpha value is -2.99. The summed E-state index contributed by atoms with van der Waals surface area (Å²) < 4.78 is 5.60. The summed E-state index contributed by atoms with van der Waals surface area (Å²) in [7, 11) is 0. The van der Waals surface area contributed by atoms with Crippen molar-refractivity contribution in [1.29, 1.82) is 0 Å². The van der Waals surface area contributed by atoms with Crippen molar-refractivity contribution in [2.75, 3.05) is 0 Å². The summed E-state index contributed by atoms with van der Waals surface area (Å²) in [5.74, 6) is 0.515.